The molecular formula is C5H6N2S2. The van der Waals surface area contributed by atoms with Gasteiger partial charge in [0.2, 0.25) is 0 Å². The van der Waals surface area contributed by atoms with Crippen molar-refractivity contribution in [3.05, 3.63) is 16.6 Å². The number of aromatic nitrogens is 1. The molecule has 4 heteroatoms. The van der Waals surface area contributed by atoms with Crippen molar-refractivity contribution in [2.75, 3.05) is 0 Å². The SMILES string of the molecule is NC(=S)Cc1cscn1. The summed E-state index contributed by atoms with van der Waals surface area (Å²) in [4.78, 5) is 4.51. The van der Waals surface area contributed by atoms with E-state index in [1.54, 1.807) is 16.8 Å². The van der Waals surface area contributed by atoms with Gasteiger partial charge >= 0.3 is 0 Å². The number of hydrogen-bond acceptors (Lipinski definition) is 3. The van der Waals surface area contributed by atoms with Crippen LogP contribution in [0.5, 0.6) is 0 Å². The van der Waals surface area contributed by atoms with Crippen LogP contribution in [0.2, 0.25) is 0 Å². The summed E-state index contributed by atoms with van der Waals surface area (Å²) in [5, 5.41) is 1.94. The molecule has 2 nitrogen and oxygen atoms in total. The lowest BCUT2D eigenvalue weighted by atomic mass is 10.3. The minimum Gasteiger partial charge on any atom is -0.393 e. The van der Waals surface area contributed by atoms with Crippen molar-refractivity contribution in [3.63, 3.8) is 0 Å². The largest absolute Gasteiger partial charge is 0.393 e. The van der Waals surface area contributed by atoms with Gasteiger partial charge in [-0.1, -0.05) is 12.2 Å². The first-order valence-corrected chi connectivity index (χ1v) is 3.79. The topological polar surface area (TPSA) is 38.9 Å². The highest BCUT2D eigenvalue weighted by Gasteiger charge is 1.94. The van der Waals surface area contributed by atoms with Crippen molar-refractivity contribution in [2.45, 2.75) is 6.42 Å². The lowest BCUT2D eigenvalue weighted by molar-refractivity contribution is 1.19. The molecule has 2 N–H and O–H groups in total. The van der Waals surface area contributed by atoms with E-state index in [2.05, 4.69) is 17.2 Å². The van der Waals surface area contributed by atoms with Gasteiger partial charge in [0.05, 0.1) is 16.2 Å². The zero-order chi connectivity index (χ0) is 6.69. The molecule has 0 spiro atoms. The minimum atomic E-state index is 0.501. The summed E-state index contributed by atoms with van der Waals surface area (Å²) in [5.74, 6) is 0. The molecule has 1 heterocycles. The summed E-state index contributed by atoms with van der Waals surface area (Å²) < 4.78 is 0. The Balaban J connectivity index is 2.58. The van der Waals surface area contributed by atoms with Gasteiger partial charge in [0.25, 0.3) is 0 Å². The van der Waals surface area contributed by atoms with Gasteiger partial charge in [-0.2, -0.15) is 0 Å². The smallest absolute Gasteiger partial charge is 0.0794 e. The summed E-state index contributed by atoms with van der Waals surface area (Å²) >= 11 is 6.24. The fourth-order valence-electron chi connectivity index (χ4n) is 0.503. The van der Waals surface area contributed by atoms with Gasteiger partial charge in [-0.15, -0.1) is 11.3 Å². The molecule has 0 unspecified atom stereocenters. The summed E-state index contributed by atoms with van der Waals surface area (Å²) in [6.45, 7) is 0. The van der Waals surface area contributed by atoms with E-state index in [4.69, 9.17) is 5.73 Å². The number of nitrogens with two attached hydrogens (primary N) is 1. The van der Waals surface area contributed by atoms with Gasteiger partial charge in [-0.05, 0) is 0 Å². The van der Waals surface area contributed by atoms with Crippen LogP contribution >= 0.6 is 23.6 Å². The zero-order valence-electron chi connectivity index (χ0n) is 4.70. The normalized spacial score (nSPS) is 9.33. The Kier molecular flexibility index (Phi) is 2.13. The van der Waals surface area contributed by atoms with E-state index in [0.717, 1.165) is 5.69 Å². The Morgan fingerprint density at radius 2 is 2.67 bits per heavy atom. The molecule has 0 aliphatic rings. The monoisotopic (exact) mass is 158 g/mol. The summed E-state index contributed by atoms with van der Waals surface area (Å²) in [6.07, 6.45) is 0.624. The third kappa shape index (κ3) is 2.07. The third-order valence-corrected chi connectivity index (χ3v) is 1.62. The van der Waals surface area contributed by atoms with Crippen LogP contribution in [0.25, 0.3) is 0 Å². The molecule has 48 valence electrons. The fraction of sp³-hybridized carbons (Fsp3) is 0.200. The van der Waals surface area contributed by atoms with Gasteiger partial charge in [0.1, 0.15) is 0 Å². The summed E-state index contributed by atoms with van der Waals surface area (Å²) in [5.41, 5.74) is 8.02. The van der Waals surface area contributed by atoms with Crippen LogP contribution in [0.4, 0.5) is 0 Å². The molecule has 1 aromatic heterocycles. The van der Waals surface area contributed by atoms with E-state index in [0.29, 0.717) is 11.4 Å². The average Bonchev–Trinajstić information content (AvgIpc) is 2.15. The maximum Gasteiger partial charge on any atom is 0.0794 e. The van der Waals surface area contributed by atoms with Gasteiger partial charge in [-0.3, -0.25) is 0 Å². The molecule has 1 rings (SSSR count). The van der Waals surface area contributed by atoms with Gasteiger partial charge < -0.3 is 5.73 Å². The van der Waals surface area contributed by atoms with Crippen LogP contribution in [-0.2, 0) is 6.42 Å². The van der Waals surface area contributed by atoms with Crippen molar-refractivity contribution < 1.29 is 0 Å². The molecule has 0 amide bonds. The highest BCUT2D eigenvalue weighted by molar-refractivity contribution is 7.80. The van der Waals surface area contributed by atoms with Crippen LogP contribution in [0.3, 0.4) is 0 Å². The van der Waals surface area contributed by atoms with E-state index < -0.39 is 0 Å². The van der Waals surface area contributed by atoms with E-state index in [9.17, 15) is 0 Å². The Morgan fingerprint density at radius 3 is 3.11 bits per heavy atom. The van der Waals surface area contributed by atoms with E-state index in [1.807, 2.05) is 5.38 Å². The average molecular weight is 158 g/mol. The van der Waals surface area contributed by atoms with Gasteiger partial charge in [0.15, 0.2) is 0 Å². The molecule has 0 bridgehead atoms. The second-order valence-electron chi connectivity index (χ2n) is 1.62. The second-order valence-corrected chi connectivity index (χ2v) is 2.87. The number of hydrogen-bond donors (Lipinski definition) is 1. The van der Waals surface area contributed by atoms with Crippen molar-refractivity contribution in [2.24, 2.45) is 5.73 Å². The molecule has 0 aromatic carbocycles. The summed E-state index contributed by atoms with van der Waals surface area (Å²) in [6, 6.07) is 0. The highest BCUT2D eigenvalue weighted by atomic mass is 32.1. The molecular weight excluding hydrogens is 152 g/mol. The van der Waals surface area contributed by atoms with Crippen molar-refractivity contribution in [3.8, 4) is 0 Å². The van der Waals surface area contributed by atoms with Gasteiger partial charge in [-0.25, -0.2) is 4.98 Å². The Labute approximate surface area is 62.7 Å². The highest BCUT2D eigenvalue weighted by Crippen LogP contribution is 2.00. The third-order valence-electron chi connectivity index (χ3n) is 0.839. The lowest BCUT2D eigenvalue weighted by Crippen LogP contribution is -2.10. The summed E-state index contributed by atoms with van der Waals surface area (Å²) in [7, 11) is 0. The molecule has 0 atom stereocenters. The van der Waals surface area contributed by atoms with E-state index in [-0.39, 0.29) is 0 Å². The lowest BCUT2D eigenvalue weighted by Gasteiger charge is -1.88. The number of rotatable bonds is 2. The Hall–Kier alpha value is -0.480. The van der Waals surface area contributed by atoms with Crippen LogP contribution < -0.4 is 5.73 Å². The zero-order valence-corrected chi connectivity index (χ0v) is 6.34. The fourth-order valence-corrected chi connectivity index (χ4v) is 1.21. The maximum atomic E-state index is 5.28. The quantitative estimate of drug-likeness (QED) is 0.652. The van der Waals surface area contributed by atoms with Crippen molar-refractivity contribution in [1.29, 1.82) is 0 Å². The predicted octanol–water partition coefficient (Wildman–Crippen LogP) is 0.972. The standard InChI is InChI=1S/C5H6N2S2/c6-5(8)1-4-2-9-3-7-4/h2-3H,1H2,(H2,6,8). The number of thiocarbonyl (C=S) groups is 1. The van der Waals surface area contributed by atoms with E-state index in [1.165, 1.54) is 0 Å². The first kappa shape index (κ1) is 6.64. The molecule has 1 aromatic rings. The van der Waals surface area contributed by atoms with Crippen LogP contribution in [-0.4, -0.2) is 9.97 Å². The molecule has 0 fully saturated rings. The van der Waals surface area contributed by atoms with Crippen molar-refractivity contribution >= 4 is 28.5 Å². The Morgan fingerprint density at radius 1 is 1.89 bits per heavy atom. The second kappa shape index (κ2) is 2.89. The van der Waals surface area contributed by atoms with E-state index >= 15 is 0 Å². The minimum absolute atomic E-state index is 0.501. The first-order chi connectivity index (χ1) is 4.29. The first-order valence-electron chi connectivity index (χ1n) is 2.44. The molecule has 0 radical (unpaired) electrons. The number of thiazole rings is 1. The Bertz CT molecular complexity index is 193. The van der Waals surface area contributed by atoms with Crippen LogP contribution in [0, 0.1) is 0 Å². The molecule has 9 heavy (non-hydrogen) atoms. The predicted molar refractivity (Wildman–Crippen MR) is 42.6 cm³/mol. The van der Waals surface area contributed by atoms with Gasteiger partial charge in [0, 0.05) is 11.8 Å². The molecule has 0 saturated carbocycles. The van der Waals surface area contributed by atoms with Crippen LogP contribution in [0.1, 0.15) is 5.69 Å². The molecule has 0 aliphatic heterocycles. The van der Waals surface area contributed by atoms with Crippen molar-refractivity contribution in [1.82, 2.24) is 4.98 Å². The maximum absolute atomic E-state index is 5.28. The number of nitrogens with zero attached hydrogens (tertiary/aromatic N) is 1. The van der Waals surface area contributed by atoms with Crippen LogP contribution in [0.15, 0.2) is 10.9 Å². The molecule has 0 saturated heterocycles. The molecule has 0 aliphatic carbocycles.